The highest BCUT2D eigenvalue weighted by Crippen LogP contribution is 2.22. The molecule has 0 saturated carbocycles. The first-order chi connectivity index (χ1) is 12.3. The van der Waals surface area contributed by atoms with Gasteiger partial charge in [0.05, 0.1) is 24.6 Å². The molecule has 25 heavy (non-hydrogen) atoms. The van der Waals surface area contributed by atoms with Gasteiger partial charge in [-0.2, -0.15) is 10.4 Å². The third kappa shape index (κ3) is 4.52. The van der Waals surface area contributed by atoms with E-state index in [0.717, 1.165) is 29.9 Å². The molecule has 0 saturated heterocycles. The van der Waals surface area contributed by atoms with Crippen LogP contribution in [0.5, 0.6) is 0 Å². The normalized spacial score (nSPS) is 10.6. The summed E-state index contributed by atoms with van der Waals surface area (Å²) < 4.78 is 15.0. The van der Waals surface area contributed by atoms with Crippen molar-refractivity contribution in [1.82, 2.24) is 9.78 Å². The first-order valence-corrected chi connectivity index (χ1v) is 8.31. The highest BCUT2D eigenvalue weighted by Gasteiger charge is 2.13. The zero-order chi connectivity index (χ0) is 17.5. The molecule has 3 aromatic rings. The maximum Gasteiger partial charge on any atom is 0.123 e. The molecule has 4 nitrogen and oxygen atoms in total. The molecule has 0 atom stereocenters. The number of hydrogen-bond acceptors (Lipinski definition) is 2. The highest BCUT2D eigenvalue weighted by molar-refractivity contribution is 5.62. The average Bonchev–Trinajstić information content (AvgIpc) is 3.04. The van der Waals surface area contributed by atoms with Gasteiger partial charge in [0.1, 0.15) is 24.6 Å². The van der Waals surface area contributed by atoms with Crippen LogP contribution in [0.3, 0.4) is 0 Å². The van der Waals surface area contributed by atoms with E-state index in [0.29, 0.717) is 13.0 Å². The number of quaternary nitrogens is 1. The quantitative estimate of drug-likeness (QED) is 0.722. The number of nitriles is 1. The maximum atomic E-state index is 13.2. The lowest BCUT2D eigenvalue weighted by molar-refractivity contribution is -0.686. The first-order valence-electron chi connectivity index (χ1n) is 8.31. The summed E-state index contributed by atoms with van der Waals surface area (Å²) in [6.07, 6.45) is 2.40. The van der Waals surface area contributed by atoms with Crippen molar-refractivity contribution in [2.24, 2.45) is 0 Å². The van der Waals surface area contributed by atoms with Crippen LogP contribution in [0.1, 0.15) is 17.5 Å². The maximum absolute atomic E-state index is 13.2. The topological polar surface area (TPSA) is 58.2 Å². The average molecular weight is 335 g/mol. The lowest BCUT2D eigenvalue weighted by Crippen LogP contribution is -2.80. The summed E-state index contributed by atoms with van der Waals surface area (Å²) in [5.74, 6) is -0.259. The molecule has 0 aliphatic heterocycles. The summed E-state index contributed by atoms with van der Waals surface area (Å²) >= 11 is 0. The number of benzene rings is 2. The molecular formula is C20H20FN4+. The molecule has 0 unspecified atom stereocenters. The molecular weight excluding hydrogens is 315 g/mol. The second-order valence-corrected chi connectivity index (χ2v) is 5.86. The summed E-state index contributed by atoms with van der Waals surface area (Å²) in [5.41, 5.74) is 4.09. The Hall–Kier alpha value is -2.97. The van der Waals surface area contributed by atoms with E-state index in [1.807, 2.05) is 24.4 Å². The number of aromatic nitrogens is 2. The number of aryl methyl sites for hydroxylation is 1. The van der Waals surface area contributed by atoms with Crippen molar-refractivity contribution in [2.75, 3.05) is 0 Å². The Balaban J connectivity index is 1.77. The highest BCUT2D eigenvalue weighted by atomic mass is 19.1. The Morgan fingerprint density at radius 3 is 2.52 bits per heavy atom. The van der Waals surface area contributed by atoms with Crippen LogP contribution in [0, 0.1) is 17.1 Å². The van der Waals surface area contributed by atoms with Gasteiger partial charge in [0, 0.05) is 17.3 Å². The second-order valence-electron chi connectivity index (χ2n) is 5.86. The Bertz CT molecular complexity index is 848. The van der Waals surface area contributed by atoms with Gasteiger partial charge in [-0.25, -0.2) is 4.39 Å². The Kier molecular flexibility index (Phi) is 5.55. The van der Waals surface area contributed by atoms with Gasteiger partial charge in [-0.3, -0.25) is 4.68 Å². The molecule has 2 aromatic carbocycles. The Morgan fingerprint density at radius 1 is 1.04 bits per heavy atom. The van der Waals surface area contributed by atoms with E-state index in [9.17, 15) is 4.39 Å². The molecule has 0 bridgehead atoms. The molecule has 2 N–H and O–H groups in total. The Labute approximate surface area is 146 Å². The van der Waals surface area contributed by atoms with Crippen LogP contribution in [-0.4, -0.2) is 9.78 Å². The molecule has 0 radical (unpaired) electrons. The number of halogens is 1. The van der Waals surface area contributed by atoms with Gasteiger partial charge in [-0.05, 0) is 24.3 Å². The fourth-order valence-electron chi connectivity index (χ4n) is 2.75. The van der Waals surface area contributed by atoms with Crippen LogP contribution < -0.4 is 5.32 Å². The van der Waals surface area contributed by atoms with E-state index in [2.05, 4.69) is 28.6 Å². The number of rotatable bonds is 7. The van der Waals surface area contributed by atoms with Gasteiger partial charge in [0.25, 0.3) is 0 Å². The molecule has 3 rings (SSSR count). The van der Waals surface area contributed by atoms with Crippen LogP contribution in [0.25, 0.3) is 11.3 Å². The molecule has 0 fully saturated rings. The van der Waals surface area contributed by atoms with Gasteiger partial charge in [-0.15, -0.1) is 0 Å². The van der Waals surface area contributed by atoms with E-state index in [-0.39, 0.29) is 5.82 Å². The fraction of sp³-hybridized carbons (Fsp3) is 0.200. The van der Waals surface area contributed by atoms with E-state index >= 15 is 0 Å². The minimum atomic E-state index is -0.259. The third-order valence-corrected chi connectivity index (χ3v) is 3.99. The minimum absolute atomic E-state index is 0.259. The molecule has 0 aliphatic carbocycles. The Morgan fingerprint density at radius 2 is 1.80 bits per heavy atom. The summed E-state index contributed by atoms with van der Waals surface area (Å²) in [4.78, 5) is 0. The second kappa shape index (κ2) is 8.22. The first kappa shape index (κ1) is 16.9. The van der Waals surface area contributed by atoms with Gasteiger partial charge < -0.3 is 5.32 Å². The smallest absolute Gasteiger partial charge is 0.123 e. The largest absolute Gasteiger partial charge is 0.339 e. The SMILES string of the molecule is N#CCCn1cc(C[NH2+]Cc2ccccc2)c(-c2ccc(F)cc2)n1. The van der Waals surface area contributed by atoms with Crippen LogP contribution >= 0.6 is 0 Å². The predicted molar refractivity (Wildman–Crippen MR) is 93.6 cm³/mol. The summed E-state index contributed by atoms with van der Waals surface area (Å²) in [6.45, 7) is 2.21. The third-order valence-electron chi connectivity index (χ3n) is 3.99. The van der Waals surface area contributed by atoms with Crippen molar-refractivity contribution in [2.45, 2.75) is 26.1 Å². The molecule has 126 valence electrons. The van der Waals surface area contributed by atoms with E-state index in [4.69, 9.17) is 5.26 Å². The fourth-order valence-corrected chi connectivity index (χ4v) is 2.75. The lowest BCUT2D eigenvalue weighted by atomic mass is 10.1. The summed E-state index contributed by atoms with van der Waals surface area (Å²) in [7, 11) is 0. The van der Waals surface area contributed by atoms with Gasteiger partial charge in [0.2, 0.25) is 0 Å². The molecule has 0 spiro atoms. The monoisotopic (exact) mass is 335 g/mol. The van der Waals surface area contributed by atoms with Gasteiger partial charge in [-0.1, -0.05) is 30.3 Å². The number of nitrogens with two attached hydrogens (primary N) is 1. The van der Waals surface area contributed by atoms with Crippen molar-refractivity contribution >= 4 is 0 Å². The van der Waals surface area contributed by atoms with Gasteiger partial charge in [0.15, 0.2) is 0 Å². The number of hydrogen-bond donors (Lipinski definition) is 1. The summed E-state index contributed by atoms with van der Waals surface area (Å²) in [6, 6.07) is 18.8. The zero-order valence-electron chi connectivity index (χ0n) is 13.9. The van der Waals surface area contributed by atoms with Crippen molar-refractivity contribution in [3.05, 3.63) is 77.7 Å². The molecule has 5 heteroatoms. The van der Waals surface area contributed by atoms with Crippen molar-refractivity contribution in [3.63, 3.8) is 0 Å². The predicted octanol–water partition coefficient (Wildman–Crippen LogP) is 2.87. The standard InChI is InChI=1S/C20H19FN4/c21-19-9-7-17(8-10-19)20-18(15-25(24-20)12-4-11-22)14-23-13-16-5-2-1-3-6-16/h1-3,5-10,15,23H,4,12-14H2/p+1. The lowest BCUT2D eigenvalue weighted by Gasteiger charge is -2.03. The zero-order valence-corrected chi connectivity index (χ0v) is 13.9. The van der Waals surface area contributed by atoms with Crippen molar-refractivity contribution in [3.8, 4) is 17.3 Å². The van der Waals surface area contributed by atoms with Crippen LogP contribution in [0.2, 0.25) is 0 Å². The van der Waals surface area contributed by atoms with E-state index in [1.54, 1.807) is 16.8 Å². The molecule has 0 aliphatic rings. The van der Waals surface area contributed by atoms with Crippen molar-refractivity contribution < 1.29 is 9.71 Å². The van der Waals surface area contributed by atoms with E-state index < -0.39 is 0 Å². The molecule has 1 heterocycles. The van der Waals surface area contributed by atoms with Crippen molar-refractivity contribution in [1.29, 1.82) is 5.26 Å². The summed E-state index contributed by atoms with van der Waals surface area (Å²) in [5, 5.41) is 15.6. The van der Waals surface area contributed by atoms with Crippen LogP contribution in [0.4, 0.5) is 4.39 Å². The van der Waals surface area contributed by atoms with E-state index in [1.165, 1.54) is 17.7 Å². The molecule has 0 amide bonds. The molecule has 1 aromatic heterocycles. The van der Waals surface area contributed by atoms with Gasteiger partial charge >= 0.3 is 0 Å². The van der Waals surface area contributed by atoms with Crippen LogP contribution in [0.15, 0.2) is 60.8 Å². The van der Waals surface area contributed by atoms with Crippen LogP contribution in [-0.2, 0) is 19.6 Å². The number of nitrogens with zero attached hydrogens (tertiary/aromatic N) is 3. The minimum Gasteiger partial charge on any atom is -0.339 e.